The van der Waals surface area contributed by atoms with Gasteiger partial charge < -0.3 is 14.8 Å². The molecule has 5 heteroatoms. The zero-order valence-corrected chi connectivity index (χ0v) is 12.2. The number of carbonyl (C=O) groups excluding carboxylic acids is 1. The fourth-order valence-corrected chi connectivity index (χ4v) is 2.70. The maximum Gasteiger partial charge on any atom is 0.329 e. The van der Waals surface area contributed by atoms with Crippen LogP contribution < -0.4 is 5.32 Å². The Balaban J connectivity index is 2.04. The van der Waals surface area contributed by atoms with E-state index in [0.717, 1.165) is 31.4 Å². The second kappa shape index (κ2) is 6.61. The van der Waals surface area contributed by atoms with Crippen LogP contribution in [0.25, 0.3) is 6.08 Å². The van der Waals surface area contributed by atoms with E-state index in [0.29, 0.717) is 18.6 Å². The number of aryl methyl sites for hydroxylation is 1. The van der Waals surface area contributed by atoms with Crippen molar-refractivity contribution in [1.82, 2.24) is 5.32 Å². The third-order valence-electron chi connectivity index (χ3n) is 3.89. The monoisotopic (exact) mass is 291 g/mol. The van der Waals surface area contributed by atoms with E-state index in [2.05, 4.69) is 5.32 Å². The van der Waals surface area contributed by atoms with Crippen LogP contribution in [0.4, 0.5) is 0 Å². The number of hydrogen-bond donors (Lipinski definition) is 2. The quantitative estimate of drug-likeness (QED) is 0.660. The van der Waals surface area contributed by atoms with Gasteiger partial charge in [0, 0.05) is 6.08 Å². The number of amides is 1. The van der Waals surface area contributed by atoms with Crippen molar-refractivity contribution in [2.24, 2.45) is 0 Å². The normalized spacial score (nSPS) is 18.3. The predicted octanol–water partition coefficient (Wildman–Crippen LogP) is 2.90. The van der Waals surface area contributed by atoms with Crippen LogP contribution in [0.5, 0.6) is 0 Å². The van der Waals surface area contributed by atoms with Crippen molar-refractivity contribution >= 4 is 18.0 Å². The summed E-state index contributed by atoms with van der Waals surface area (Å²) in [5.41, 5.74) is -1.13. The van der Waals surface area contributed by atoms with E-state index >= 15 is 0 Å². The summed E-state index contributed by atoms with van der Waals surface area (Å²) in [6.07, 6.45) is 7.55. The van der Waals surface area contributed by atoms with E-state index in [1.807, 2.05) is 13.0 Å². The van der Waals surface area contributed by atoms with Crippen molar-refractivity contribution < 1.29 is 19.1 Å². The molecule has 1 aromatic rings. The average Bonchev–Trinajstić information content (AvgIpc) is 2.71. The van der Waals surface area contributed by atoms with Crippen LogP contribution in [0, 0.1) is 6.92 Å². The van der Waals surface area contributed by atoms with E-state index in [9.17, 15) is 14.7 Å². The molecular weight excluding hydrogens is 270 g/mol. The molecule has 1 saturated carbocycles. The van der Waals surface area contributed by atoms with E-state index in [4.69, 9.17) is 4.42 Å². The van der Waals surface area contributed by atoms with Crippen molar-refractivity contribution in [3.63, 3.8) is 0 Å². The summed E-state index contributed by atoms with van der Waals surface area (Å²) in [5.74, 6) is 0.00192. The van der Waals surface area contributed by atoms with Gasteiger partial charge in [-0.1, -0.05) is 25.7 Å². The number of carbonyl (C=O) groups is 2. The molecule has 21 heavy (non-hydrogen) atoms. The van der Waals surface area contributed by atoms with Crippen molar-refractivity contribution in [2.45, 2.75) is 51.0 Å². The van der Waals surface area contributed by atoms with Crippen molar-refractivity contribution in [3.05, 3.63) is 29.7 Å². The number of rotatable bonds is 4. The fourth-order valence-electron chi connectivity index (χ4n) is 2.70. The Kier molecular flexibility index (Phi) is 4.83. The Bertz CT molecular complexity index is 536. The topological polar surface area (TPSA) is 79.5 Å². The van der Waals surface area contributed by atoms with Gasteiger partial charge >= 0.3 is 5.97 Å². The zero-order chi connectivity index (χ0) is 15.3. The highest BCUT2D eigenvalue weighted by atomic mass is 16.4. The average molecular weight is 291 g/mol. The highest BCUT2D eigenvalue weighted by molar-refractivity contribution is 5.95. The van der Waals surface area contributed by atoms with Gasteiger partial charge in [0.15, 0.2) is 0 Å². The Morgan fingerprint density at radius 3 is 2.43 bits per heavy atom. The van der Waals surface area contributed by atoms with Crippen LogP contribution >= 0.6 is 0 Å². The summed E-state index contributed by atoms with van der Waals surface area (Å²) < 4.78 is 5.33. The van der Waals surface area contributed by atoms with Gasteiger partial charge in [0.25, 0.3) is 0 Å². The molecule has 2 N–H and O–H groups in total. The summed E-state index contributed by atoms with van der Waals surface area (Å²) in [5, 5.41) is 12.2. The number of carboxylic acid groups (broad SMARTS) is 1. The van der Waals surface area contributed by atoms with Gasteiger partial charge in [-0.05, 0) is 38.0 Å². The van der Waals surface area contributed by atoms with Gasteiger partial charge in [0.2, 0.25) is 5.91 Å². The molecule has 0 saturated heterocycles. The third kappa shape index (κ3) is 3.97. The van der Waals surface area contributed by atoms with E-state index in [1.54, 1.807) is 12.1 Å². The fraction of sp³-hybridized carbons (Fsp3) is 0.500. The molecule has 1 heterocycles. The molecule has 1 fully saturated rings. The first kappa shape index (κ1) is 15.4. The van der Waals surface area contributed by atoms with Crippen LogP contribution in [-0.4, -0.2) is 22.5 Å². The number of hydrogen-bond acceptors (Lipinski definition) is 3. The SMILES string of the molecule is Cc1ccc(/C=C/C(=O)NC2(C(=O)O)CCCCCC2)o1. The lowest BCUT2D eigenvalue weighted by molar-refractivity contribution is -0.147. The lowest BCUT2D eigenvalue weighted by atomic mass is 9.90. The number of furan rings is 1. The van der Waals surface area contributed by atoms with Crippen LogP contribution in [0.2, 0.25) is 0 Å². The minimum atomic E-state index is -1.13. The standard InChI is InChI=1S/C16H21NO4/c1-12-6-7-13(21-12)8-9-14(18)17-16(15(19)20)10-4-2-3-5-11-16/h6-9H,2-5,10-11H2,1H3,(H,17,18)(H,19,20)/b9-8+. The van der Waals surface area contributed by atoms with Crippen LogP contribution in [0.15, 0.2) is 22.6 Å². The summed E-state index contributed by atoms with van der Waals surface area (Å²) in [6.45, 7) is 1.82. The zero-order valence-electron chi connectivity index (χ0n) is 12.2. The lowest BCUT2D eigenvalue weighted by Gasteiger charge is -2.28. The molecule has 0 unspecified atom stereocenters. The van der Waals surface area contributed by atoms with Crippen molar-refractivity contribution in [3.8, 4) is 0 Å². The molecule has 0 spiro atoms. The molecule has 0 aliphatic heterocycles. The molecule has 0 bridgehead atoms. The Labute approximate surface area is 124 Å². The minimum Gasteiger partial charge on any atom is -0.480 e. The van der Waals surface area contributed by atoms with Gasteiger partial charge in [0.1, 0.15) is 17.1 Å². The number of carboxylic acids is 1. The first-order chi connectivity index (χ1) is 10.0. The summed E-state index contributed by atoms with van der Waals surface area (Å²) in [6, 6.07) is 3.57. The third-order valence-corrected chi connectivity index (χ3v) is 3.89. The van der Waals surface area contributed by atoms with Crippen LogP contribution in [-0.2, 0) is 9.59 Å². The number of aliphatic carboxylic acids is 1. The van der Waals surface area contributed by atoms with Gasteiger partial charge in [-0.3, -0.25) is 4.79 Å². The largest absolute Gasteiger partial charge is 0.480 e. The van der Waals surface area contributed by atoms with E-state index < -0.39 is 17.4 Å². The highest BCUT2D eigenvalue weighted by Crippen LogP contribution is 2.27. The van der Waals surface area contributed by atoms with E-state index in [-0.39, 0.29) is 0 Å². The molecule has 5 nitrogen and oxygen atoms in total. The highest BCUT2D eigenvalue weighted by Gasteiger charge is 2.39. The van der Waals surface area contributed by atoms with E-state index in [1.165, 1.54) is 6.08 Å². The lowest BCUT2D eigenvalue weighted by Crippen LogP contribution is -2.53. The second-order valence-corrected chi connectivity index (χ2v) is 5.57. The molecule has 1 aromatic heterocycles. The summed E-state index contributed by atoms with van der Waals surface area (Å²) in [7, 11) is 0. The molecule has 0 atom stereocenters. The maximum atomic E-state index is 12.0. The molecule has 0 aromatic carbocycles. The summed E-state index contributed by atoms with van der Waals surface area (Å²) >= 11 is 0. The van der Waals surface area contributed by atoms with Gasteiger partial charge in [0.05, 0.1) is 0 Å². The Morgan fingerprint density at radius 2 is 1.90 bits per heavy atom. The van der Waals surface area contributed by atoms with Crippen LogP contribution in [0.3, 0.4) is 0 Å². The predicted molar refractivity (Wildman–Crippen MR) is 78.7 cm³/mol. The van der Waals surface area contributed by atoms with Gasteiger partial charge in [-0.2, -0.15) is 0 Å². The number of nitrogens with one attached hydrogen (secondary N) is 1. The molecular formula is C16H21NO4. The van der Waals surface area contributed by atoms with Crippen molar-refractivity contribution in [2.75, 3.05) is 0 Å². The van der Waals surface area contributed by atoms with Gasteiger partial charge in [-0.15, -0.1) is 0 Å². The smallest absolute Gasteiger partial charge is 0.329 e. The second-order valence-electron chi connectivity index (χ2n) is 5.57. The first-order valence-corrected chi connectivity index (χ1v) is 7.32. The molecule has 2 rings (SSSR count). The Hall–Kier alpha value is -2.04. The van der Waals surface area contributed by atoms with Crippen LogP contribution in [0.1, 0.15) is 50.0 Å². The molecule has 0 radical (unpaired) electrons. The molecule has 1 amide bonds. The Morgan fingerprint density at radius 1 is 1.24 bits per heavy atom. The first-order valence-electron chi connectivity index (χ1n) is 7.32. The maximum absolute atomic E-state index is 12.0. The minimum absolute atomic E-state index is 0.395. The molecule has 1 aliphatic carbocycles. The molecule has 114 valence electrons. The summed E-state index contributed by atoms with van der Waals surface area (Å²) in [4.78, 5) is 23.6. The molecule has 1 aliphatic rings. The van der Waals surface area contributed by atoms with Crippen molar-refractivity contribution in [1.29, 1.82) is 0 Å². The van der Waals surface area contributed by atoms with Gasteiger partial charge in [-0.25, -0.2) is 4.79 Å².